The van der Waals surface area contributed by atoms with E-state index >= 15 is 0 Å². The van der Waals surface area contributed by atoms with Crippen molar-refractivity contribution in [1.29, 1.82) is 0 Å². The Balaban J connectivity index is 1.87. The Kier molecular flexibility index (Phi) is 3.14. The number of rotatable bonds is 1. The van der Waals surface area contributed by atoms with Gasteiger partial charge in [-0.1, -0.05) is 0 Å². The molecule has 0 spiro atoms. The normalized spacial score (nSPS) is 23.0. The number of hydrogen-bond acceptors (Lipinski definition) is 5. The first-order valence-electron chi connectivity index (χ1n) is 6.47. The standard InChI is InChI=1S/C13H18N2OS2/c1-13(2)8-15(6-7-17-13)12-14-11-9(16)4-3-5-10(11)18-12/h3-8H2,1-2H3. The molecule has 2 aliphatic rings. The Bertz CT molecular complexity index is 481. The number of thiazole rings is 1. The lowest BCUT2D eigenvalue weighted by atomic mass is 10.0. The third-order valence-electron chi connectivity index (χ3n) is 3.45. The van der Waals surface area contributed by atoms with Gasteiger partial charge in [-0.25, -0.2) is 4.98 Å². The number of carbonyl (C=O) groups is 1. The third kappa shape index (κ3) is 2.30. The highest BCUT2D eigenvalue weighted by atomic mass is 32.2. The lowest BCUT2D eigenvalue weighted by Crippen LogP contribution is -2.43. The molecule has 18 heavy (non-hydrogen) atoms. The van der Waals surface area contributed by atoms with Gasteiger partial charge >= 0.3 is 0 Å². The van der Waals surface area contributed by atoms with Crippen LogP contribution < -0.4 is 4.90 Å². The largest absolute Gasteiger partial charge is 0.346 e. The van der Waals surface area contributed by atoms with Crippen molar-refractivity contribution in [1.82, 2.24) is 4.98 Å². The number of Topliss-reactive ketones (excluding diaryl/α,β-unsaturated/α-hetero) is 1. The van der Waals surface area contributed by atoms with Crippen LogP contribution in [0.25, 0.3) is 0 Å². The van der Waals surface area contributed by atoms with Crippen molar-refractivity contribution in [2.24, 2.45) is 0 Å². The zero-order valence-electron chi connectivity index (χ0n) is 10.9. The Morgan fingerprint density at radius 2 is 2.17 bits per heavy atom. The predicted molar refractivity (Wildman–Crippen MR) is 78.1 cm³/mol. The summed E-state index contributed by atoms with van der Waals surface area (Å²) in [4.78, 5) is 20.0. The molecule has 1 aromatic heterocycles. The zero-order chi connectivity index (χ0) is 12.8. The molecule has 1 fully saturated rings. The Labute approximate surface area is 116 Å². The van der Waals surface area contributed by atoms with E-state index in [1.807, 2.05) is 11.8 Å². The molecule has 0 atom stereocenters. The molecule has 0 saturated carbocycles. The average Bonchev–Trinajstić information content (AvgIpc) is 2.73. The molecule has 5 heteroatoms. The maximum absolute atomic E-state index is 11.8. The van der Waals surface area contributed by atoms with Gasteiger partial charge in [0.25, 0.3) is 0 Å². The highest BCUT2D eigenvalue weighted by Gasteiger charge is 2.30. The Hall–Kier alpha value is -0.550. The monoisotopic (exact) mass is 282 g/mol. The highest BCUT2D eigenvalue weighted by Crippen LogP contribution is 2.36. The molecule has 3 nitrogen and oxygen atoms in total. The second-order valence-electron chi connectivity index (χ2n) is 5.57. The van der Waals surface area contributed by atoms with Crippen LogP contribution in [-0.4, -0.2) is 34.4 Å². The van der Waals surface area contributed by atoms with Crippen molar-refractivity contribution in [2.75, 3.05) is 23.7 Å². The van der Waals surface area contributed by atoms with E-state index in [1.54, 1.807) is 11.3 Å². The second-order valence-corrected chi connectivity index (χ2v) is 8.44. The van der Waals surface area contributed by atoms with Crippen LogP contribution in [0.1, 0.15) is 42.1 Å². The lowest BCUT2D eigenvalue weighted by molar-refractivity contribution is 0.0968. The van der Waals surface area contributed by atoms with Crippen molar-refractivity contribution >= 4 is 34.0 Å². The van der Waals surface area contributed by atoms with E-state index in [1.165, 1.54) is 4.88 Å². The van der Waals surface area contributed by atoms with Gasteiger partial charge in [0.15, 0.2) is 10.9 Å². The van der Waals surface area contributed by atoms with E-state index in [0.717, 1.165) is 42.5 Å². The van der Waals surface area contributed by atoms with Gasteiger partial charge in [0.05, 0.1) is 0 Å². The van der Waals surface area contributed by atoms with Crippen molar-refractivity contribution in [2.45, 2.75) is 37.9 Å². The van der Waals surface area contributed by atoms with E-state index in [2.05, 4.69) is 23.7 Å². The number of aryl methyl sites for hydroxylation is 1. The first-order valence-corrected chi connectivity index (χ1v) is 8.27. The van der Waals surface area contributed by atoms with Gasteiger partial charge in [-0.05, 0) is 26.7 Å². The van der Waals surface area contributed by atoms with Crippen LogP contribution in [0.4, 0.5) is 5.13 Å². The van der Waals surface area contributed by atoms with E-state index in [0.29, 0.717) is 6.42 Å². The Morgan fingerprint density at radius 1 is 1.33 bits per heavy atom. The van der Waals surface area contributed by atoms with Crippen LogP contribution in [0, 0.1) is 0 Å². The number of aromatic nitrogens is 1. The molecule has 3 rings (SSSR count). The second kappa shape index (κ2) is 4.53. The molecule has 1 aromatic rings. The van der Waals surface area contributed by atoms with E-state index < -0.39 is 0 Å². The van der Waals surface area contributed by atoms with E-state index in [9.17, 15) is 4.79 Å². The quantitative estimate of drug-likeness (QED) is 0.793. The number of fused-ring (bicyclic) bond motifs is 1. The molecular weight excluding hydrogens is 264 g/mol. The van der Waals surface area contributed by atoms with Crippen LogP contribution in [0.2, 0.25) is 0 Å². The fourth-order valence-corrected chi connectivity index (χ4v) is 4.83. The topological polar surface area (TPSA) is 33.2 Å². The molecule has 1 saturated heterocycles. The van der Waals surface area contributed by atoms with Crippen molar-refractivity contribution in [3.8, 4) is 0 Å². The van der Waals surface area contributed by atoms with Crippen molar-refractivity contribution in [3.63, 3.8) is 0 Å². The van der Waals surface area contributed by atoms with Gasteiger partial charge < -0.3 is 4.90 Å². The molecule has 0 aromatic carbocycles. The summed E-state index contributed by atoms with van der Waals surface area (Å²) in [5.41, 5.74) is 0.761. The maximum atomic E-state index is 11.8. The van der Waals surface area contributed by atoms with Crippen molar-refractivity contribution in [3.05, 3.63) is 10.6 Å². The summed E-state index contributed by atoms with van der Waals surface area (Å²) >= 11 is 3.75. The number of nitrogens with zero attached hydrogens (tertiary/aromatic N) is 2. The van der Waals surface area contributed by atoms with Crippen LogP contribution in [0.3, 0.4) is 0 Å². The number of thioether (sulfide) groups is 1. The van der Waals surface area contributed by atoms with Crippen molar-refractivity contribution < 1.29 is 4.79 Å². The lowest BCUT2D eigenvalue weighted by Gasteiger charge is -2.37. The molecule has 2 heterocycles. The van der Waals surface area contributed by atoms with Crippen LogP contribution >= 0.6 is 23.1 Å². The molecule has 1 aliphatic heterocycles. The van der Waals surface area contributed by atoms with E-state index in [4.69, 9.17) is 0 Å². The average molecular weight is 282 g/mol. The fourth-order valence-electron chi connectivity index (χ4n) is 2.57. The minimum absolute atomic E-state index is 0.240. The SMILES string of the molecule is CC1(C)CN(c2nc3c(s2)CCCC3=O)CCS1. The first-order chi connectivity index (χ1) is 8.55. The van der Waals surface area contributed by atoms with Crippen LogP contribution in [-0.2, 0) is 6.42 Å². The summed E-state index contributed by atoms with van der Waals surface area (Å²) in [7, 11) is 0. The number of hydrogen-bond donors (Lipinski definition) is 0. The van der Waals surface area contributed by atoms with Gasteiger partial charge in [0.1, 0.15) is 5.69 Å². The third-order valence-corrected chi connectivity index (χ3v) is 5.93. The van der Waals surface area contributed by atoms with Crippen LogP contribution in [0.5, 0.6) is 0 Å². The predicted octanol–water partition coefficient (Wildman–Crippen LogP) is 2.99. The number of anilines is 1. The smallest absolute Gasteiger partial charge is 0.186 e. The van der Waals surface area contributed by atoms with Gasteiger partial charge in [0.2, 0.25) is 0 Å². The molecule has 0 unspecified atom stereocenters. The molecular formula is C13H18N2OS2. The zero-order valence-corrected chi connectivity index (χ0v) is 12.5. The van der Waals surface area contributed by atoms with E-state index in [-0.39, 0.29) is 10.5 Å². The molecule has 1 aliphatic carbocycles. The number of ketones is 1. The molecule has 0 bridgehead atoms. The first kappa shape index (κ1) is 12.5. The summed E-state index contributed by atoms with van der Waals surface area (Å²) in [6, 6.07) is 0. The molecule has 0 N–H and O–H groups in total. The fraction of sp³-hybridized carbons (Fsp3) is 0.692. The highest BCUT2D eigenvalue weighted by molar-refractivity contribution is 8.00. The molecule has 98 valence electrons. The van der Waals surface area contributed by atoms with Gasteiger partial charge in [-0.3, -0.25) is 4.79 Å². The Morgan fingerprint density at radius 3 is 2.89 bits per heavy atom. The summed E-state index contributed by atoms with van der Waals surface area (Å²) in [6.07, 6.45) is 2.71. The summed E-state index contributed by atoms with van der Waals surface area (Å²) in [6.45, 7) is 6.64. The molecule has 0 radical (unpaired) electrons. The summed E-state index contributed by atoms with van der Waals surface area (Å²) in [5.74, 6) is 1.38. The summed E-state index contributed by atoms with van der Waals surface area (Å²) < 4.78 is 0.286. The minimum Gasteiger partial charge on any atom is -0.346 e. The van der Waals surface area contributed by atoms with Gasteiger partial charge in [0, 0.05) is 34.9 Å². The molecule has 0 amide bonds. The van der Waals surface area contributed by atoms with Gasteiger partial charge in [-0.2, -0.15) is 11.8 Å². The summed E-state index contributed by atoms with van der Waals surface area (Å²) in [5, 5.41) is 1.06. The van der Waals surface area contributed by atoms with Gasteiger partial charge in [-0.15, -0.1) is 11.3 Å². The maximum Gasteiger partial charge on any atom is 0.186 e. The number of carbonyl (C=O) groups excluding carboxylic acids is 1. The minimum atomic E-state index is 0.240. The van der Waals surface area contributed by atoms with Crippen LogP contribution in [0.15, 0.2) is 0 Å².